The van der Waals surface area contributed by atoms with Crippen LogP contribution < -0.4 is 10.2 Å². The minimum Gasteiger partial charge on any atom is -0.369 e. The maximum Gasteiger partial charge on any atom is 0.251 e. The molecule has 0 atom stereocenters. The van der Waals surface area contributed by atoms with Crippen LogP contribution in [0.25, 0.3) is 0 Å². The predicted molar refractivity (Wildman–Crippen MR) is 115 cm³/mol. The second kappa shape index (κ2) is 9.54. The molecule has 2 aromatic carbocycles. The molecule has 1 amide bonds. The molecule has 3 rings (SSSR count). The average molecular weight is 466 g/mol. The molecular weight excluding hydrogens is 442 g/mol. The third-order valence-corrected chi connectivity index (χ3v) is 7.21. The summed E-state index contributed by atoms with van der Waals surface area (Å²) in [6, 6.07) is 17.1. The molecule has 0 bridgehead atoms. The molecule has 8 heteroatoms. The van der Waals surface area contributed by atoms with Gasteiger partial charge < -0.3 is 10.2 Å². The lowest BCUT2D eigenvalue weighted by Crippen LogP contribution is -2.49. The Bertz CT molecular complexity index is 881. The summed E-state index contributed by atoms with van der Waals surface area (Å²) in [6.07, 6.45) is 0.392. The maximum absolute atomic E-state index is 12.6. The van der Waals surface area contributed by atoms with Crippen LogP contribution in [0.1, 0.15) is 16.8 Å². The fourth-order valence-electron chi connectivity index (χ4n) is 3.15. The first-order chi connectivity index (χ1) is 13.5. The molecule has 2 aromatic rings. The number of sulfonamides is 1. The molecule has 0 saturated carbocycles. The van der Waals surface area contributed by atoms with Gasteiger partial charge in [-0.3, -0.25) is 4.79 Å². The van der Waals surface area contributed by atoms with E-state index in [1.54, 1.807) is 28.6 Å². The number of hydrogen-bond donors (Lipinski definition) is 1. The standard InChI is InChI=1S/C20H24BrN3O3S/c21-18-9-7-17(8-10-18)20(25)22-11-4-16-28(26,27)24-14-12-23(13-15-24)19-5-2-1-3-6-19/h1-3,5-10H,4,11-16H2,(H,22,25). The highest BCUT2D eigenvalue weighted by Crippen LogP contribution is 2.17. The summed E-state index contributed by atoms with van der Waals surface area (Å²) in [5.41, 5.74) is 1.68. The van der Waals surface area contributed by atoms with Crippen molar-refractivity contribution in [2.24, 2.45) is 0 Å². The van der Waals surface area contributed by atoms with E-state index in [0.29, 0.717) is 44.7 Å². The third kappa shape index (κ3) is 5.56. The summed E-state index contributed by atoms with van der Waals surface area (Å²) in [4.78, 5) is 14.3. The first-order valence-electron chi connectivity index (χ1n) is 9.27. The van der Waals surface area contributed by atoms with E-state index in [0.717, 1.165) is 10.2 Å². The Morgan fingerprint density at radius 1 is 0.964 bits per heavy atom. The summed E-state index contributed by atoms with van der Waals surface area (Å²) in [6.45, 7) is 2.68. The fraction of sp³-hybridized carbons (Fsp3) is 0.350. The minimum absolute atomic E-state index is 0.0406. The number of anilines is 1. The minimum atomic E-state index is -3.31. The van der Waals surface area contributed by atoms with Crippen molar-refractivity contribution >= 4 is 37.5 Å². The summed E-state index contributed by atoms with van der Waals surface area (Å²) < 4.78 is 27.6. The van der Waals surface area contributed by atoms with Crippen molar-refractivity contribution in [2.75, 3.05) is 43.4 Å². The van der Waals surface area contributed by atoms with Gasteiger partial charge in [-0.1, -0.05) is 34.1 Å². The molecular formula is C20H24BrN3O3S. The van der Waals surface area contributed by atoms with E-state index in [1.807, 2.05) is 30.3 Å². The Labute approximate surface area is 174 Å². The lowest BCUT2D eigenvalue weighted by molar-refractivity contribution is 0.0953. The molecule has 0 unspecified atom stereocenters. The molecule has 0 aromatic heterocycles. The molecule has 1 heterocycles. The number of rotatable bonds is 7. The molecule has 0 spiro atoms. The summed E-state index contributed by atoms with van der Waals surface area (Å²) in [5.74, 6) is -0.153. The number of hydrogen-bond acceptors (Lipinski definition) is 4. The quantitative estimate of drug-likeness (QED) is 0.638. The SMILES string of the molecule is O=C(NCCCS(=O)(=O)N1CCN(c2ccccc2)CC1)c1ccc(Br)cc1. The molecule has 1 aliphatic heterocycles. The van der Waals surface area contributed by atoms with Gasteiger partial charge in [-0.15, -0.1) is 0 Å². The first-order valence-corrected chi connectivity index (χ1v) is 11.7. The van der Waals surface area contributed by atoms with Gasteiger partial charge in [0.1, 0.15) is 0 Å². The number of benzene rings is 2. The average Bonchev–Trinajstić information content (AvgIpc) is 2.72. The van der Waals surface area contributed by atoms with E-state index >= 15 is 0 Å². The van der Waals surface area contributed by atoms with Gasteiger partial charge in [-0.2, -0.15) is 4.31 Å². The summed E-state index contributed by atoms with van der Waals surface area (Å²) in [5, 5.41) is 2.78. The molecule has 1 fully saturated rings. The summed E-state index contributed by atoms with van der Waals surface area (Å²) >= 11 is 3.33. The predicted octanol–water partition coefficient (Wildman–Crippen LogP) is 2.72. The van der Waals surface area contributed by atoms with Crippen molar-refractivity contribution in [3.05, 3.63) is 64.6 Å². The monoisotopic (exact) mass is 465 g/mol. The van der Waals surface area contributed by atoms with E-state index in [4.69, 9.17) is 0 Å². The number of carbonyl (C=O) groups excluding carboxylic acids is 1. The number of carbonyl (C=O) groups is 1. The number of nitrogens with zero attached hydrogens (tertiary/aromatic N) is 2. The van der Waals surface area contributed by atoms with Gasteiger partial charge >= 0.3 is 0 Å². The van der Waals surface area contributed by atoms with Crippen molar-refractivity contribution in [3.63, 3.8) is 0 Å². The molecule has 150 valence electrons. The fourth-order valence-corrected chi connectivity index (χ4v) is 4.90. The highest BCUT2D eigenvalue weighted by molar-refractivity contribution is 9.10. The largest absolute Gasteiger partial charge is 0.369 e. The zero-order chi connectivity index (χ0) is 20.0. The second-order valence-corrected chi connectivity index (χ2v) is 9.66. The van der Waals surface area contributed by atoms with Crippen LogP contribution >= 0.6 is 15.9 Å². The van der Waals surface area contributed by atoms with Gasteiger partial charge in [0.25, 0.3) is 5.91 Å². The van der Waals surface area contributed by atoms with Crippen LogP contribution in [0, 0.1) is 0 Å². The number of halogens is 1. The molecule has 0 radical (unpaired) electrons. The Kier molecular flexibility index (Phi) is 7.09. The van der Waals surface area contributed by atoms with E-state index in [1.165, 1.54) is 0 Å². The zero-order valence-corrected chi connectivity index (χ0v) is 18.0. The van der Waals surface area contributed by atoms with Gasteiger partial charge in [-0.25, -0.2) is 8.42 Å². The summed E-state index contributed by atoms with van der Waals surface area (Å²) in [7, 11) is -3.31. The van der Waals surface area contributed by atoms with Crippen molar-refractivity contribution in [1.82, 2.24) is 9.62 Å². The van der Waals surface area contributed by atoms with Gasteiger partial charge in [0, 0.05) is 48.4 Å². The van der Waals surface area contributed by atoms with Crippen LogP contribution in [-0.4, -0.2) is 57.1 Å². The highest BCUT2D eigenvalue weighted by Gasteiger charge is 2.26. The van der Waals surface area contributed by atoms with Gasteiger partial charge in [0.15, 0.2) is 0 Å². The van der Waals surface area contributed by atoms with Crippen molar-refractivity contribution < 1.29 is 13.2 Å². The third-order valence-electron chi connectivity index (χ3n) is 4.72. The lowest BCUT2D eigenvalue weighted by Gasteiger charge is -2.35. The Hall–Kier alpha value is -1.90. The van der Waals surface area contributed by atoms with Crippen LogP contribution in [0.2, 0.25) is 0 Å². The maximum atomic E-state index is 12.6. The highest BCUT2D eigenvalue weighted by atomic mass is 79.9. The molecule has 0 aliphatic carbocycles. The van der Waals surface area contributed by atoms with Crippen LogP contribution in [0.15, 0.2) is 59.1 Å². The Morgan fingerprint density at radius 2 is 1.61 bits per heavy atom. The van der Waals surface area contributed by atoms with Gasteiger partial charge in [0.2, 0.25) is 10.0 Å². The molecule has 1 N–H and O–H groups in total. The van der Waals surface area contributed by atoms with Crippen LogP contribution in [0.5, 0.6) is 0 Å². The topological polar surface area (TPSA) is 69.7 Å². The molecule has 6 nitrogen and oxygen atoms in total. The smallest absolute Gasteiger partial charge is 0.251 e. The van der Waals surface area contributed by atoms with Crippen LogP contribution in [0.4, 0.5) is 5.69 Å². The van der Waals surface area contributed by atoms with E-state index in [2.05, 4.69) is 26.1 Å². The van der Waals surface area contributed by atoms with Crippen molar-refractivity contribution in [1.29, 1.82) is 0 Å². The van der Waals surface area contributed by atoms with Crippen LogP contribution in [0.3, 0.4) is 0 Å². The van der Waals surface area contributed by atoms with E-state index in [-0.39, 0.29) is 11.7 Å². The Balaban J connectivity index is 1.42. The molecule has 28 heavy (non-hydrogen) atoms. The van der Waals surface area contributed by atoms with E-state index < -0.39 is 10.0 Å². The molecule has 1 aliphatic rings. The number of piperazine rings is 1. The van der Waals surface area contributed by atoms with Gasteiger partial charge in [0.05, 0.1) is 5.75 Å². The Morgan fingerprint density at radius 3 is 2.25 bits per heavy atom. The van der Waals surface area contributed by atoms with Crippen molar-refractivity contribution in [2.45, 2.75) is 6.42 Å². The zero-order valence-electron chi connectivity index (χ0n) is 15.6. The van der Waals surface area contributed by atoms with Crippen LogP contribution in [-0.2, 0) is 10.0 Å². The lowest BCUT2D eigenvalue weighted by atomic mass is 10.2. The second-order valence-electron chi connectivity index (χ2n) is 6.65. The normalized spacial score (nSPS) is 15.4. The molecule has 1 saturated heterocycles. The van der Waals surface area contributed by atoms with Gasteiger partial charge in [-0.05, 0) is 42.8 Å². The van der Waals surface area contributed by atoms with E-state index in [9.17, 15) is 13.2 Å². The van der Waals surface area contributed by atoms with Crippen molar-refractivity contribution in [3.8, 4) is 0 Å². The number of amides is 1. The first kappa shape index (κ1) is 20.8. The number of nitrogens with one attached hydrogen (secondary N) is 1. The number of para-hydroxylation sites is 1.